The van der Waals surface area contributed by atoms with Gasteiger partial charge < -0.3 is 20.1 Å². The minimum Gasteiger partial charge on any atom is -0.458 e. The number of halogens is 2. The van der Waals surface area contributed by atoms with Crippen molar-refractivity contribution in [2.24, 2.45) is 11.8 Å². The Bertz CT molecular complexity index is 940. The summed E-state index contributed by atoms with van der Waals surface area (Å²) in [5.74, 6) is -0.0851. The SMILES string of the molecule is Cc1cc(Cl)cc(CCC2C(O)CC(Cl)C2CCCc2ccc(C(=O)OCC(C)(O)CO)s2)c1. The number of rotatable bonds is 11. The fourth-order valence-electron chi connectivity index (χ4n) is 4.70. The van der Waals surface area contributed by atoms with Crippen molar-refractivity contribution in [3.05, 3.63) is 56.2 Å². The van der Waals surface area contributed by atoms with Crippen molar-refractivity contribution in [1.82, 2.24) is 0 Å². The summed E-state index contributed by atoms with van der Waals surface area (Å²) in [6.45, 7) is 2.71. The molecule has 1 aromatic heterocycles. The number of aliphatic hydroxyl groups is 3. The van der Waals surface area contributed by atoms with Crippen LogP contribution in [0.1, 0.15) is 58.3 Å². The van der Waals surface area contributed by atoms with E-state index in [0.29, 0.717) is 11.3 Å². The van der Waals surface area contributed by atoms with Crippen molar-refractivity contribution in [3.63, 3.8) is 0 Å². The fraction of sp³-hybridized carbons (Fsp3) is 0.577. The van der Waals surface area contributed by atoms with E-state index in [1.165, 1.54) is 23.8 Å². The molecule has 0 radical (unpaired) electrons. The standard InChI is InChI=1S/C26H34Cl2O5S/c1-16-10-17(12-18(27)11-16)6-8-21-20(22(28)13-23(21)30)5-3-4-19-7-9-24(34-19)25(31)33-15-26(2,32)14-29/h7,9-12,20-23,29-30,32H,3-6,8,13-15H2,1-2H3. The van der Waals surface area contributed by atoms with Gasteiger partial charge in [0.1, 0.15) is 17.1 Å². The maximum Gasteiger partial charge on any atom is 0.348 e. The second kappa shape index (κ2) is 12.2. The van der Waals surface area contributed by atoms with Crippen LogP contribution in [0, 0.1) is 18.8 Å². The van der Waals surface area contributed by atoms with E-state index in [9.17, 15) is 15.0 Å². The lowest BCUT2D eigenvalue weighted by atomic mass is 9.85. The highest BCUT2D eigenvalue weighted by Crippen LogP contribution is 2.41. The molecule has 34 heavy (non-hydrogen) atoms. The summed E-state index contributed by atoms with van der Waals surface area (Å²) in [4.78, 5) is 13.8. The molecule has 188 valence electrons. The first-order chi connectivity index (χ1) is 16.1. The van der Waals surface area contributed by atoms with Gasteiger partial charge in [-0.25, -0.2) is 4.79 Å². The van der Waals surface area contributed by atoms with Crippen molar-refractivity contribution in [1.29, 1.82) is 0 Å². The quantitative estimate of drug-likeness (QED) is 0.276. The number of benzene rings is 1. The molecule has 1 aliphatic rings. The lowest BCUT2D eigenvalue weighted by molar-refractivity contribution is -0.0509. The topological polar surface area (TPSA) is 87.0 Å². The van der Waals surface area contributed by atoms with E-state index in [1.807, 2.05) is 25.1 Å². The third-order valence-corrected chi connectivity index (χ3v) is 8.37. The molecule has 0 spiro atoms. The average molecular weight is 530 g/mol. The van der Waals surface area contributed by atoms with E-state index in [4.69, 9.17) is 33.0 Å². The number of hydrogen-bond donors (Lipinski definition) is 3. The second-order valence-electron chi connectivity index (χ2n) is 9.71. The number of carbonyl (C=O) groups is 1. The van der Waals surface area contributed by atoms with Crippen LogP contribution in [0.5, 0.6) is 0 Å². The highest BCUT2D eigenvalue weighted by molar-refractivity contribution is 7.13. The van der Waals surface area contributed by atoms with Gasteiger partial charge in [0.25, 0.3) is 0 Å². The molecule has 3 N–H and O–H groups in total. The minimum atomic E-state index is -1.44. The molecular formula is C26H34Cl2O5S. The third kappa shape index (κ3) is 7.67. The molecule has 3 rings (SSSR count). The molecule has 0 saturated heterocycles. The van der Waals surface area contributed by atoms with Crippen molar-refractivity contribution in [2.45, 2.75) is 69.5 Å². The average Bonchev–Trinajstić information content (AvgIpc) is 3.34. The van der Waals surface area contributed by atoms with Gasteiger partial charge in [0, 0.05) is 15.3 Å². The number of alkyl halides is 1. The van der Waals surface area contributed by atoms with Gasteiger partial charge in [0.05, 0.1) is 12.7 Å². The molecular weight excluding hydrogens is 495 g/mol. The van der Waals surface area contributed by atoms with Gasteiger partial charge in [-0.1, -0.05) is 17.7 Å². The van der Waals surface area contributed by atoms with E-state index in [2.05, 4.69) is 6.07 Å². The van der Waals surface area contributed by atoms with Crippen LogP contribution in [0.25, 0.3) is 0 Å². The molecule has 0 bridgehead atoms. The molecule has 1 fully saturated rings. The monoisotopic (exact) mass is 528 g/mol. The second-order valence-corrected chi connectivity index (χ2v) is 11.9. The van der Waals surface area contributed by atoms with E-state index in [0.717, 1.165) is 47.6 Å². The van der Waals surface area contributed by atoms with Crippen LogP contribution >= 0.6 is 34.5 Å². The number of esters is 1. The summed E-state index contributed by atoms with van der Waals surface area (Å²) in [7, 11) is 0. The number of thiophene rings is 1. The van der Waals surface area contributed by atoms with E-state index >= 15 is 0 Å². The molecule has 5 unspecified atom stereocenters. The van der Waals surface area contributed by atoms with Gasteiger partial charge in [-0.05, 0) is 99.6 Å². The molecule has 8 heteroatoms. The number of aryl methyl sites for hydroxylation is 3. The number of ether oxygens (including phenoxy) is 1. The van der Waals surface area contributed by atoms with Gasteiger partial charge >= 0.3 is 5.97 Å². The highest BCUT2D eigenvalue weighted by Gasteiger charge is 2.40. The van der Waals surface area contributed by atoms with E-state index < -0.39 is 18.2 Å². The summed E-state index contributed by atoms with van der Waals surface area (Å²) in [5.41, 5.74) is 0.883. The smallest absolute Gasteiger partial charge is 0.348 e. The Hall–Kier alpha value is -1.15. The van der Waals surface area contributed by atoms with Crippen LogP contribution in [0.2, 0.25) is 5.02 Å². The molecule has 2 aromatic rings. The van der Waals surface area contributed by atoms with E-state index in [-0.39, 0.29) is 29.9 Å². The predicted molar refractivity (Wildman–Crippen MR) is 137 cm³/mol. The lowest BCUT2D eigenvalue weighted by Gasteiger charge is -2.23. The zero-order chi connectivity index (χ0) is 24.9. The molecule has 5 nitrogen and oxygen atoms in total. The van der Waals surface area contributed by atoms with Crippen LogP contribution in [0.15, 0.2) is 30.3 Å². The molecule has 1 heterocycles. The Kier molecular flexibility index (Phi) is 9.84. The molecule has 1 saturated carbocycles. The lowest BCUT2D eigenvalue weighted by Crippen LogP contribution is -2.35. The van der Waals surface area contributed by atoms with Crippen molar-refractivity contribution < 1.29 is 24.9 Å². The summed E-state index contributed by atoms with van der Waals surface area (Å²) in [6, 6.07) is 9.74. The number of hydrogen-bond acceptors (Lipinski definition) is 6. The van der Waals surface area contributed by atoms with Crippen LogP contribution in [-0.4, -0.2) is 51.6 Å². The van der Waals surface area contributed by atoms with Crippen molar-refractivity contribution in [2.75, 3.05) is 13.2 Å². The normalized spacial score (nSPS) is 24.2. The van der Waals surface area contributed by atoms with Crippen LogP contribution in [0.4, 0.5) is 0 Å². The third-order valence-electron chi connectivity index (χ3n) is 6.52. The Morgan fingerprint density at radius 2 is 1.97 bits per heavy atom. The molecule has 1 aliphatic carbocycles. The zero-order valence-electron chi connectivity index (χ0n) is 19.7. The fourth-order valence-corrected chi connectivity index (χ4v) is 6.45. The first-order valence-corrected chi connectivity index (χ1v) is 13.4. The first kappa shape index (κ1) is 27.4. The van der Waals surface area contributed by atoms with Crippen LogP contribution in [-0.2, 0) is 17.6 Å². The first-order valence-electron chi connectivity index (χ1n) is 11.8. The van der Waals surface area contributed by atoms with Gasteiger partial charge in [0.2, 0.25) is 0 Å². The molecule has 1 aromatic carbocycles. The maximum atomic E-state index is 12.2. The van der Waals surface area contributed by atoms with Crippen molar-refractivity contribution in [3.8, 4) is 0 Å². The Morgan fingerprint density at radius 3 is 2.68 bits per heavy atom. The van der Waals surface area contributed by atoms with Crippen LogP contribution in [0.3, 0.4) is 0 Å². The summed E-state index contributed by atoms with van der Waals surface area (Å²) >= 11 is 14.2. The summed E-state index contributed by atoms with van der Waals surface area (Å²) in [6.07, 6.45) is 4.64. The minimum absolute atomic E-state index is 0.0331. The van der Waals surface area contributed by atoms with Crippen molar-refractivity contribution >= 4 is 40.5 Å². The number of aliphatic hydroxyl groups excluding tert-OH is 2. The van der Waals surface area contributed by atoms with Crippen LogP contribution < -0.4 is 0 Å². The van der Waals surface area contributed by atoms with Gasteiger partial charge in [-0.2, -0.15) is 0 Å². The number of carbonyl (C=O) groups excluding carboxylic acids is 1. The molecule has 0 aliphatic heterocycles. The summed E-state index contributed by atoms with van der Waals surface area (Å²) in [5, 5.41) is 30.2. The zero-order valence-corrected chi connectivity index (χ0v) is 22.0. The Balaban J connectivity index is 1.50. The largest absolute Gasteiger partial charge is 0.458 e. The van der Waals surface area contributed by atoms with Gasteiger partial charge in [-0.15, -0.1) is 22.9 Å². The molecule has 0 amide bonds. The Labute approximate surface area is 215 Å². The molecule has 5 atom stereocenters. The summed E-state index contributed by atoms with van der Waals surface area (Å²) < 4.78 is 5.11. The predicted octanol–water partition coefficient (Wildman–Crippen LogP) is 5.17. The van der Waals surface area contributed by atoms with E-state index in [1.54, 1.807) is 6.07 Å². The Morgan fingerprint density at radius 1 is 1.21 bits per heavy atom. The maximum absolute atomic E-state index is 12.2. The van der Waals surface area contributed by atoms with Gasteiger partial charge in [-0.3, -0.25) is 0 Å². The van der Waals surface area contributed by atoms with Gasteiger partial charge in [0.15, 0.2) is 0 Å². The highest BCUT2D eigenvalue weighted by atomic mass is 35.5.